The minimum Gasteiger partial charge on any atom is -0.496 e. The molecule has 0 saturated heterocycles. The Hall–Kier alpha value is -1.56. The van der Waals surface area contributed by atoms with E-state index in [9.17, 15) is 18.0 Å². The minimum atomic E-state index is -4.92. The third-order valence-corrected chi connectivity index (χ3v) is 2.23. The summed E-state index contributed by atoms with van der Waals surface area (Å²) in [6.07, 6.45) is -4.73. The Labute approximate surface area is 96.4 Å². The van der Waals surface area contributed by atoms with Crippen LogP contribution in [0.3, 0.4) is 0 Å². The second-order valence-electron chi connectivity index (χ2n) is 3.36. The maximum Gasteiger partial charge on any atom is 0.455 e. The first-order chi connectivity index (χ1) is 7.91. The molecule has 0 saturated carbocycles. The quantitative estimate of drug-likeness (QED) is 0.827. The predicted octanol–water partition coefficient (Wildman–Crippen LogP) is 1.94. The van der Waals surface area contributed by atoms with Crippen molar-refractivity contribution in [3.05, 3.63) is 29.3 Å². The molecular weight excluding hydrogens is 235 g/mol. The van der Waals surface area contributed by atoms with Crippen molar-refractivity contribution in [2.45, 2.75) is 12.6 Å². The molecule has 2 N–H and O–H groups in total. The van der Waals surface area contributed by atoms with Gasteiger partial charge in [0.15, 0.2) is 0 Å². The van der Waals surface area contributed by atoms with Crippen LogP contribution >= 0.6 is 0 Å². The Balaban J connectivity index is 3.31. The van der Waals surface area contributed by atoms with Gasteiger partial charge in [-0.15, -0.1) is 0 Å². The van der Waals surface area contributed by atoms with Crippen LogP contribution in [0.15, 0.2) is 18.2 Å². The highest BCUT2D eigenvalue weighted by atomic mass is 19.4. The molecule has 0 heterocycles. The van der Waals surface area contributed by atoms with Crippen molar-refractivity contribution in [2.75, 3.05) is 13.7 Å². The normalized spacial score (nSPS) is 11.4. The molecule has 0 aromatic heterocycles. The first-order valence-corrected chi connectivity index (χ1v) is 4.89. The van der Waals surface area contributed by atoms with Crippen LogP contribution in [-0.2, 0) is 6.42 Å². The average molecular weight is 247 g/mol. The van der Waals surface area contributed by atoms with Crippen molar-refractivity contribution in [3.63, 3.8) is 0 Å². The number of hydrogen-bond donors (Lipinski definition) is 1. The molecule has 0 radical (unpaired) electrons. The van der Waals surface area contributed by atoms with E-state index in [1.807, 2.05) is 0 Å². The molecule has 0 spiro atoms. The number of ketones is 1. The van der Waals surface area contributed by atoms with Crippen LogP contribution < -0.4 is 10.5 Å². The van der Waals surface area contributed by atoms with Gasteiger partial charge in [0.25, 0.3) is 5.78 Å². The molecule has 0 fully saturated rings. The summed E-state index contributed by atoms with van der Waals surface area (Å²) in [6.45, 7) is 0.158. The summed E-state index contributed by atoms with van der Waals surface area (Å²) in [7, 11) is 1.22. The van der Waals surface area contributed by atoms with Crippen LogP contribution in [0.5, 0.6) is 5.75 Å². The number of nitrogens with two attached hydrogens (primary N) is 1. The second kappa shape index (κ2) is 5.18. The number of ether oxygens (including phenoxy) is 1. The van der Waals surface area contributed by atoms with Crippen molar-refractivity contribution in [2.24, 2.45) is 5.73 Å². The summed E-state index contributed by atoms with van der Waals surface area (Å²) < 4.78 is 42.1. The van der Waals surface area contributed by atoms with E-state index in [0.29, 0.717) is 0 Å². The van der Waals surface area contributed by atoms with E-state index in [-0.39, 0.29) is 24.3 Å². The van der Waals surface area contributed by atoms with Gasteiger partial charge >= 0.3 is 6.18 Å². The molecule has 6 heteroatoms. The van der Waals surface area contributed by atoms with Gasteiger partial charge in [-0.25, -0.2) is 0 Å². The van der Waals surface area contributed by atoms with E-state index in [1.54, 1.807) is 0 Å². The zero-order valence-electron chi connectivity index (χ0n) is 9.17. The lowest BCUT2D eigenvalue weighted by atomic mass is 9.99. The summed E-state index contributed by atoms with van der Waals surface area (Å²) in [6, 6.07) is 4.28. The molecule has 0 aliphatic heterocycles. The van der Waals surface area contributed by atoms with Gasteiger partial charge in [0, 0.05) is 0 Å². The highest BCUT2D eigenvalue weighted by molar-refractivity contribution is 6.03. The average Bonchev–Trinajstić information content (AvgIpc) is 2.27. The molecule has 0 amide bonds. The predicted molar refractivity (Wildman–Crippen MR) is 56.1 cm³/mol. The summed E-state index contributed by atoms with van der Waals surface area (Å²) in [5, 5.41) is 0. The minimum absolute atomic E-state index is 0.0849. The Morgan fingerprint density at radius 2 is 2.06 bits per heavy atom. The van der Waals surface area contributed by atoms with E-state index in [4.69, 9.17) is 10.5 Å². The number of rotatable bonds is 4. The number of halogens is 3. The molecular formula is C11H12F3NO2. The number of carbonyl (C=O) groups is 1. The maximum atomic E-state index is 12.4. The van der Waals surface area contributed by atoms with Crippen molar-refractivity contribution in [1.82, 2.24) is 0 Å². The molecule has 94 valence electrons. The molecule has 3 nitrogen and oxygen atoms in total. The second-order valence-corrected chi connectivity index (χ2v) is 3.36. The largest absolute Gasteiger partial charge is 0.496 e. The fourth-order valence-corrected chi connectivity index (χ4v) is 1.51. The number of carbonyl (C=O) groups excluding carboxylic acids is 1. The molecule has 1 aromatic carbocycles. The van der Waals surface area contributed by atoms with Gasteiger partial charge in [0.1, 0.15) is 5.75 Å². The molecule has 1 rings (SSSR count). The molecule has 17 heavy (non-hydrogen) atoms. The van der Waals surface area contributed by atoms with Crippen LogP contribution in [0.25, 0.3) is 0 Å². The lowest BCUT2D eigenvalue weighted by Gasteiger charge is -2.13. The Kier molecular flexibility index (Phi) is 4.11. The van der Waals surface area contributed by atoms with Gasteiger partial charge in [0.2, 0.25) is 0 Å². The highest BCUT2D eigenvalue weighted by Gasteiger charge is 2.41. The molecule has 0 aliphatic rings. The van der Waals surface area contributed by atoms with Crippen LogP contribution in [0.4, 0.5) is 13.2 Å². The fourth-order valence-electron chi connectivity index (χ4n) is 1.51. The lowest BCUT2D eigenvalue weighted by Crippen LogP contribution is -2.25. The van der Waals surface area contributed by atoms with Crippen molar-refractivity contribution >= 4 is 5.78 Å². The van der Waals surface area contributed by atoms with Gasteiger partial charge in [0.05, 0.1) is 12.7 Å². The molecule has 0 unspecified atom stereocenters. The van der Waals surface area contributed by atoms with Crippen molar-refractivity contribution in [3.8, 4) is 5.75 Å². The third-order valence-electron chi connectivity index (χ3n) is 2.23. The van der Waals surface area contributed by atoms with Gasteiger partial charge < -0.3 is 10.5 Å². The summed E-state index contributed by atoms with van der Waals surface area (Å²) in [4.78, 5) is 11.3. The standard InChI is InChI=1S/C11H12F3NO2/c1-17-8-4-2-3-7(5-6-15)9(8)10(16)11(12,13)14/h2-4H,5-6,15H2,1H3. The van der Waals surface area contributed by atoms with E-state index in [1.165, 1.54) is 25.3 Å². The number of hydrogen-bond acceptors (Lipinski definition) is 3. The van der Waals surface area contributed by atoms with Crippen molar-refractivity contribution < 1.29 is 22.7 Å². The zero-order valence-corrected chi connectivity index (χ0v) is 9.17. The first kappa shape index (κ1) is 13.5. The first-order valence-electron chi connectivity index (χ1n) is 4.89. The smallest absolute Gasteiger partial charge is 0.455 e. The van der Waals surface area contributed by atoms with Crippen LogP contribution in [0, 0.1) is 0 Å². The highest BCUT2D eigenvalue weighted by Crippen LogP contribution is 2.30. The van der Waals surface area contributed by atoms with Crippen LogP contribution in [0.2, 0.25) is 0 Å². The Bertz CT molecular complexity index is 416. The van der Waals surface area contributed by atoms with E-state index in [2.05, 4.69) is 0 Å². The Morgan fingerprint density at radius 1 is 1.41 bits per heavy atom. The van der Waals surface area contributed by atoms with E-state index >= 15 is 0 Å². The summed E-state index contributed by atoms with van der Waals surface area (Å²) in [5.74, 6) is -1.99. The number of methoxy groups -OCH3 is 1. The Morgan fingerprint density at radius 3 is 2.53 bits per heavy atom. The number of Topliss-reactive ketones (excluding diaryl/α,β-unsaturated/α-hetero) is 1. The summed E-state index contributed by atoms with van der Waals surface area (Å²) in [5.41, 5.74) is 5.09. The molecule has 0 bridgehead atoms. The van der Waals surface area contributed by atoms with Crippen LogP contribution in [-0.4, -0.2) is 25.6 Å². The third kappa shape index (κ3) is 2.97. The van der Waals surface area contributed by atoms with E-state index in [0.717, 1.165) is 0 Å². The topological polar surface area (TPSA) is 52.3 Å². The monoisotopic (exact) mass is 247 g/mol. The van der Waals surface area contributed by atoms with Crippen molar-refractivity contribution in [1.29, 1.82) is 0 Å². The lowest BCUT2D eigenvalue weighted by molar-refractivity contribution is -0.0887. The van der Waals surface area contributed by atoms with Gasteiger partial charge in [-0.3, -0.25) is 4.79 Å². The molecule has 0 atom stereocenters. The molecule has 0 aliphatic carbocycles. The molecule has 1 aromatic rings. The number of alkyl halides is 3. The SMILES string of the molecule is COc1cccc(CCN)c1C(=O)C(F)(F)F. The van der Waals surface area contributed by atoms with Gasteiger partial charge in [-0.1, -0.05) is 12.1 Å². The van der Waals surface area contributed by atoms with Gasteiger partial charge in [-0.2, -0.15) is 13.2 Å². The zero-order chi connectivity index (χ0) is 13.1. The van der Waals surface area contributed by atoms with E-state index < -0.39 is 17.5 Å². The maximum absolute atomic E-state index is 12.4. The fraction of sp³-hybridized carbons (Fsp3) is 0.364. The summed E-state index contributed by atoms with van der Waals surface area (Å²) >= 11 is 0. The number of benzene rings is 1. The van der Waals surface area contributed by atoms with Crippen LogP contribution in [0.1, 0.15) is 15.9 Å². The van der Waals surface area contributed by atoms with Gasteiger partial charge in [-0.05, 0) is 24.6 Å².